The van der Waals surface area contributed by atoms with Gasteiger partial charge in [0.25, 0.3) is 5.91 Å². The fourth-order valence-electron chi connectivity index (χ4n) is 2.82. The minimum atomic E-state index is -0.412. The number of methoxy groups -OCH3 is 1. The van der Waals surface area contributed by atoms with Gasteiger partial charge in [-0.1, -0.05) is 15.9 Å². The van der Waals surface area contributed by atoms with Crippen LogP contribution < -0.4 is 9.64 Å². The molecule has 1 saturated heterocycles. The molecular formula is C18H18BrFN2O2. The molecule has 24 heavy (non-hydrogen) atoms. The molecule has 0 radical (unpaired) electrons. The van der Waals surface area contributed by atoms with Crippen LogP contribution in [0.4, 0.5) is 10.1 Å². The van der Waals surface area contributed by atoms with E-state index < -0.39 is 5.82 Å². The maximum Gasteiger partial charge on any atom is 0.254 e. The molecule has 0 atom stereocenters. The molecule has 0 unspecified atom stereocenters. The molecule has 2 aromatic carbocycles. The van der Waals surface area contributed by atoms with Crippen LogP contribution in [0.25, 0.3) is 0 Å². The van der Waals surface area contributed by atoms with E-state index in [2.05, 4.69) is 20.8 Å². The number of nitrogens with zero attached hydrogens (tertiary/aromatic N) is 2. The number of anilines is 1. The first-order valence-corrected chi connectivity index (χ1v) is 8.50. The number of carbonyl (C=O) groups is 1. The van der Waals surface area contributed by atoms with E-state index in [9.17, 15) is 9.18 Å². The molecule has 126 valence electrons. The highest BCUT2D eigenvalue weighted by Gasteiger charge is 2.23. The summed E-state index contributed by atoms with van der Waals surface area (Å²) in [6.45, 7) is 2.71. The van der Waals surface area contributed by atoms with Gasteiger partial charge < -0.3 is 14.5 Å². The lowest BCUT2D eigenvalue weighted by atomic mass is 10.1. The summed E-state index contributed by atoms with van der Waals surface area (Å²) in [5.41, 5.74) is 1.48. The highest BCUT2D eigenvalue weighted by molar-refractivity contribution is 9.10. The Morgan fingerprint density at radius 3 is 2.33 bits per heavy atom. The molecule has 1 heterocycles. The SMILES string of the molecule is COc1ccc(N2CCN(C(=O)c3cc(F)cc(Br)c3)CC2)cc1. The number of amides is 1. The van der Waals surface area contributed by atoms with Gasteiger partial charge in [-0.3, -0.25) is 4.79 Å². The molecule has 1 amide bonds. The summed E-state index contributed by atoms with van der Waals surface area (Å²) >= 11 is 3.23. The van der Waals surface area contributed by atoms with Crippen LogP contribution in [0.5, 0.6) is 5.75 Å². The van der Waals surface area contributed by atoms with Crippen molar-refractivity contribution in [2.24, 2.45) is 0 Å². The maximum atomic E-state index is 13.5. The predicted molar refractivity (Wildman–Crippen MR) is 95.2 cm³/mol. The van der Waals surface area contributed by atoms with Gasteiger partial charge in [0.15, 0.2) is 0 Å². The van der Waals surface area contributed by atoms with Crippen LogP contribution in [0.2, 0.25) is 0 Å². The second kappa shape index (κ2) is 7.21. The third-order valence-corrected chi connectivity index (χ3v) is 4.57. The number of hydrogen-bond donors (Lipinski definition) is 0. The van der Waals surface area contributed by atoms with Crippen LogP contribution in [-0.2, 0) is 0 Å². The van der Waals surface area contributed by atoms with Crippen molar-refractivity contribution in [1.82, 2.24) is 4.90 Å². The molecule has 4 nitrogen and oxygen atoms in total. The van der Waals surface area contributed by atoms with Gasteiger partial charge in [0.2, 0.25) is 0 Å². The van der Waals surface area contributed by atoms with E-state index in [1.165, 1.54) is 12.1 Å². The second-order valence-corrected chi connectivity index (χ2v) is 6.55. The van der Waals surface area contributed by atoms with Gasteiger partial charge in [0.05, 0.1) is 7.11 Å². The molecule has 0 aromatic heterocycles. The van der Waals surface area contributed by atoms with Crippen molar-refractivity contribution in [2.45, 2.75) is 0 Å². The third-order valence-electron chi connectivity index (χ3n) is 4.11. The summed E-state index contributed by atoms with van der Waals surface area (Å²) in [6.07, 6.45) is 0. The van der Waals surface area contributed by atoms with E-state index in [0.29, 0.717) is 23.1 Å². The number of rotatable bonds is 3. The average molecular weight is 393 g/mol. The summed E-state index contributed by atoms with van der Waals surface area (Å²) in [7, 11) is 1.64. The van der Waals surface area contributed by atoms with Crippen molar-refractivity contribution in [2.75, 3.05) is 38.2 Å². The van der Waals surface area contributed by atoms with E-state index in [1.54, 1.807) is 18.1 Å². The van der Waals surface area contributed by atoms with E-state index >= 15 is 0 Å². The first kappa shape index (κ1) is 16.8. The molecule has 2 aromatic rings. The van der Waals surface area contributed by atoms with Crippen LogP contribution in [0.3, 0.4) is 0 Å². The zero-order valence-corrected chi connectivity index (χ0v) is 14.9. The fourth-order valence-corrected chi connectivity index (χ4v) is 3.29. The Kier molecular flexibility index (Phi) is 5.04. The van der Waals surface area contributed by atoms with Crippen LogP contribution >= 0.6 is 15.9 Å². The van der Waals surface area contributed by atoms with Crippen molar-refractivity contribution < 1.29 is 13.9 Å². The molecular weight excluding hydrogens is 375 g/mol. The van der Waals surface area contributed by atoms with E-state index in [1.807, 2.05) is 24.3 Å². The monoisotopic (exact) mass is 392 g/mol. The zero-order chi connectivity index (χ0) is 17.1. The number of piperazine rings is 1. The Morgan fingerprint density at radius 2 is 1.75 bits per heavy atom. The van der Waals surface area contributed by atoms with E-state index in [0.717, 1.165) is 24.5 Å². The topological polar surface area (TPSA) is 32.8 Å². The summed E-state index contributed by atoms with van der Waals surface area (Å²) in [5.74, 6) is 0.276. The molecule has 0 bridgehead atoms. The van der Waals surface area contributed by atoms with Gasteiger partial charge in [0, 0.05) is 41.9 Å². The van der Waals surface area contributed by atoms with Gasteiger partial charge in [-0.05, 0) is 42.5 Å². The Labute approximate surface area is 149 Å². The quantitative estimate of drug-likeness (QED) is 0.800. The van der Waals surface area contributed by atoms with Crippen molar-refractivity contribution in [3.8, 4) is 5.75 Å². The van der Waals surface area contributed by atoms with Crippen molar-refractivity contribution in [3.05, 3.63) is 58.3 Å². The molecule has 0 spiro atoms. The van der Waals surface area contributed by atoms with Crippen LogP contribution in [0.1, 0.15) is 10.4 Å². The molecule has 1 aliphatic heterocycles. The number of halogens is 2. The highest BCUT2D eigenvalue weighted by Crippen LogP contribution is 2.22. The molecule has 3 rings (SSSR count). The van der Waals surface area contributed by atoms with Gasteiger partial charge >= 0.3 is 0 Å². The molecule has 0 aliphatic carbocycles. The van der Waals surface area contributed by atoms with Gasteiger partial charge in [-0.25, -0.2) is 4.39 Å². The number of benzene rings is 2. The fraction of sp³-hybridized carbons (Fsp3) is 0.278. The Morgan fingerprint density at radius 1 is 1.08 bits per heavy atom. The molecule has 1 aliphatic rings. The lowest BCUT2D eigenvalue weighted by Gasteiger charge is -2.36. The molecule has 1 fully saturated rings. The highest BCUT2D eigenvalue weighted by atomic mass is 79.9. The number of hydrogen-bond acceptors (Lipinski definition) is 3. The maximum absolute atomic E-state index is 13.5. The van der Waals surface area contributed by atoms with Crippen molar-refractivity contribution in [3.63, 3.8) is 0 Å². The normalized spacial score (nSPS) is 14.6. The number of carbonyl (C=O) groups excluding carboxylic acids is 1. The lowest BCUT2D eigenvalue weighted by Crippen LogP contribution is -2.48. The van der Waals surface area contributed by atoms with Crippen molar-refractivity contribution in [1.29, 1.82) is 0 Å². The first-order chi connectivity index (χ1) is 11.6. The van der Waals surface area contributed by atoms with E-state index in [4.69, 9.17) is 4.74 Å². The smallest absolute Gasteiger partial charge is 0.254 e. The minimum Gasteiger partial charge on any atom is -0.497 e. The zero-order valence-electron chi connectivity index (χ0n) is 13.3. The molecule has 6 heteroatoms. The van der Waals surface area contributed by atoms with Crippen LogP contribution in [0.15, 0.2) is 46.9 Å². The summed E-state index contributed by atoms with van der Waals surface area (Å²) in [6, 6.07) is 12.2. The average Bonchev–Trinajstić information content (AvgIpc) is 2.60. The standard InChI is InChI=1S/C18H18BrFN2O2/c1-24-17-4-2-16(3-5-17)21-6-8-22(9-7-21)18(23)13-10-14(19)12-15(20)11-13/h2-5,10-12H,6-9H2,1H3. The Balaban J connectivity index is 1.64. The second-order valence-electron chi connectivity index (χ2n) is 5.64. The minimum absolute atomic E-state index is 0.135. The van der Waals surface area contributed by atoms with Gasteiger partial charge in [-0.15, -0.1) is 0 Å². The Bertz CT molecular complexity index is 708. The van der Waals surface area contributed by atoms with Crippen LogP contribution in [-0.4, -0.2) is 44.1 Å². The largest absolute Gasteiger partial charge is 0.497 e. The van der Waals surface area contributed by atoms with Gasteiger partial charge in [-0.2, -0.15) is 0 Å². The first-order valence-electron chi connectivity index (χ1n) is 7.71. The summed E-state index contributed by atoms with van der Waals surface area (Å²) in [4.78, 5) is 16.5. The predicted octanol–water partition coefficient (Wildman–Crippen LogP) is 3.56. The van der Waals surface area contributed by atoms with Gasteiger partial charge in [0.1, 0.15) is 11.6 Å². The summed E-state index contributed by atoms with van der Waals surface area (Å²) in [5, 5.41) is 0. The van der Waals surface area contributed by atoms with Crippen molar-refractivity contribution >= 4 is 27.5 Å². The number of ether oxygens (including phenoxy) is 1. The van der Waals surface area contributed by atoms with Crippen LogP contribution in [0, 0.1) is 5.82 Å². The molecule has 0 saturated carbocycles. The summed E-state index contributed by atoms with van der Waals surface area (Å²) < 4.78 is 19.2. The molecule has 0 N–H and O–H groups in total. The Hall–Kier alpha value is -2.08. The third kappa shape index (κ3) is 3.70. The van der Waals surface area contributed by atoms with E-state index in [-0.39, 0.29) is 5.91 Å². The lowest BCUT2D eigenvalue weighted by molar-refractivity contribution is 0.0746.